The lowest BCUT2D eigenvalue weighted by Crippen LogP contribution is -2.48. The number of nitrogens with zero attached hydrogens (tertiary/aromatic N) is 4. The Balaban J connectivity index is 1.42. The van der Waals surface area contributed by atoms with E-state index in [9.17, 15) is 24.6 Å². The molecule has 12 nitrogen and oxygen atoms in total. The van der Waals surface area contributed by atoms with E-state index in [1.54, 1.807) is 41.8 Å². The van der Waals surface area contributed by atoms with Gasteiger partial charge in [-0.2, -0.15) is 4.68 Å². The van der Waals surface area contributed by atoms with E-state index < -0.39 is 23.8 Å². The van der Waals surface area contributed by atoms with Gasteiger partial charge in [0.05, 0.1) is 21.2 Å². The molecule has 2 heterocycles. The number of aromatic hydroxyl groups is 1. The van der Waals surface area contributed by atoms with Crippen molar-refractivity contribution in [2.75, 3.05) is 11.9 Å². The highest BCUT2D eigenvalue weighted by Gasteiger charge is 2.23. The molecular formula is C23H20ClN7O5S. The van der Waals surface area contributed by atoms with Crippen LogP contribution in [-0.2, 0) is 11.3 Å². The van der Waals surface area contributed by atoms with Gasteiger partial charge in [-0.3, -0.25) is 9.59 Å². The van der Waals surface area contributed by atoms with Crippen molar-refractivity contribution in [2.45, 2.75) is 12.6 Å². The van der Waals surface area contributed by atoms with Crippen molar-refractivity contribution in [1.29, 1.82) is 0 Å². The number of aromatic nitrogens is 4. The van der Waals surface area contributed by atoms with Crippen molar-refractivity contribution in [3.05, 3.63) is 81.0 Å². The molecule has 0 radical (unpaired) electrons. The molecule has 0 spiro atoms. The zero-order valence-electron chi connectivity index (χ0n) is 19.0. The van der Waals surface area contributed by atoms with Gasteiger partial charge in [-0.15, -0.1) is 11.3 Å². The van der Waals surface area contributed by atoms with Crippen molar-refractivity contribution in [1.82, 2.24) is 30.8 Å². The molecule has 4 rings (SSSR count). The van der Waals surface area contributed by atoms with Crippen molar-refractivity contribution < 1.29 is 24.6 Å². The predicted octanol–water partition coefficient (Wildman–Crippen LogP) is 2.31. The van der Waals surface area contributed by atoms with Crippen LogP contribution in [0.2, 0.25) is 5.02 Å². The van der Waals surface area contributed by atoms with Gasteiger partial charge in [0.25, 0.3) is 11.8 Å². The number of hydrogen-bond acceptors (Lipinski definition) is 9. The van der Waals surface area contributed by atoms with Crippen LogP contribution in [0, 0.1) is 0 Å². The summed E-state index contributed by atoms with van der Waals surface area (Å²) < 4.78 is 1.37. The molecule has 2 aromatic carbocycles. The minimum absolute atomic E-state index is 0.0311. The lowest BCUT2D eigenvalue weighted by Gasteiger charge is -2.16. The molecule has 0 bridgehead atoms. The summed E-state index contributed by atoms with van der Waals surface area (Å²) in [6.07, 6.45) is 0. The van der Waals surface area contributed by atoms with E-state index in [1.165, 1.54) is 28.2 Å². The fraction of sp³-hybridized carbons (Fsp3) is 0.130. The summed E-state index contributed by atoms with van der Waals surface area (Å²) in [6, 6.07) is 13.0. The maximum atomic E-state index is 12.8. The molecule has 0 unspecified atom stereocenters. The number of tetrazole rings is 1. The Kier molecular flexibility index (Phi) is 7.95. The molecule has 2 aromatic heterocycles. The first kappa shape index (κ1) is 25.6. The number of hydrogen-bond donors (Lipinski definition) is 5. The molecule has 0 aliphatic carbocycles. The topological polar surface area (TPSA) is 171 Å². The molecule has 0 saturated heterocycles. The first-order chi connectivity index (χ1) is 17.8. The molecule has 0 fully saturated rings. The van der Waals surface area contributed by atoms with Gasteiger partial charge in [0.1, 0.15) is 11.8 Å². The zero-order chi connectivity index (χ0) is 26.4. The van der Waals surface area contributed by atoms with Crippen LogP contribution >= 0.6 is 22.9 Å². The van der Waals surface area contributed by atoms with E-state index >= 15 is 0 Å². The van der Waals surface area contributed by atoms with Crippen LogP contribution in [0.4, 0.5) is 5.95 Å². The van der Waals surface area contributed by atoms with Crippen LogP contribution in [-0.4, -0.2) is 60.8 Å². The number of amides is 2. The summed E-state index contributed by atoms with van der Waals surface area (Å²) in [5.74, 6) is -2.05. The quantitative estimate of drug-likeness (QED) is 0.202. The molecule has 14 heteroatoms. The van der Waals surface area contributed by atoms with E-state index in [0.717, 1.165) is 5.56 Å². The maximum Gasteiger partial charge on any atom is 0.328 e. The second-order valence-electron chi connectivity index (χ2n) is 7.65. The van der Waals surface area contributed by atoms with Crippen LogP contribution in [0.15, 0.2) is 60.0 Å². The van der Waals surface area contributed by atoms with E-state index in [1.807, 2.05) is 6.07 Å². The number of phenolic OH excluding ortho intramolecular Hbond substituents is 1. The molecule has 5 N–H and O–H groups in total. The summed E-state index contributed by atoms with van der Waals surface area (Å²) >= 11 is 7.55. The monoisotopic (exact) mass is 541 g/mol. The van der Waals surface area contributed by atoms with Gasteiger partial charge in [-0.05, 0) is 57.8 Å². The molecule has 0 aliphatic heterocycles. The standard InChI is InChI=1S/C23H20ClN7O5S/c24-17-10-14(31-23(28-29-30-31)26-11-13-3-1-4-15(32)9-13)6-7-16(17)20(33)27-18(22(35)36)12-25-21(34)19-5-2-8-37-19/h1-10,18,32H,11-12H2,(H,25,34)(H,27,33)(H,35,36)(H,26,28,30)/t18-/m0/s1. The summed E-state index contributed by atoms with van der Waals surface area (Å²) in [6.45, 7) is 0.0228. The van der Waals surface area contributed by atoms with Gasteiger partial charge < -0.3 is 26.2 Å². The van der Waals surface area contributed by atoms with Gasteiger partial charge >= 0.3 is 5.97 Å². The van der Waals surface area contributed by atoms with Gasteiger partial charge in [-0.1, -0.05) is 34.9 Å². The summed E-state index contributed by atoms with van der Waals surface area (Å²) in [4.78, 5) is 36.9. The van der Waals surface area contributed by atoms with Gasteiger partial charge in [0, 0.05) is 13.1 Å². The molecule has 37 heavy (non-hydrogen) atoms. The van der Waals surface area contributed by atoms with Gasteiger partial charge in [0.15, 0.2) is 0 Å². The largest absolute Gasteiger partial charge is 0.508 e. The third-order valence-electron chi connectivity index (χ3n) is 5.09. The minimum Gasteiger partial charge on any atom is -0.508 e. The highest BCUT2D eigenvalue weighted by molar-refractivity contribution is 7.12. The number of thiophene rings is 1. The molecule has 1 atom stereocenters. The Morgan fingerprint density at radius 3 is 2.62 bits per heavy atom. The Morgan fingerprint density at radius 2 is 1.92 bits per heavy atom. The molecule has 2 amide bonds. The number of rotatable bonds is 10. The fourth-order valence-electron chi connectivity index (χ4n) is 3.26. The number of carbonyl (C=O) groups is 3. The van der Waals surface area contributed by atoms with E-state index in [-0.39, 0.29) is 22.9 Å². The first-order valence-corrected chi connectivity index (χ1v) is 12.0. The molecule has 4 aromatic rings. The van der Waals surface area contributed by atoms with Crippen molar-refractivity contribution in [3.8, 4) is 11.4 Å². The number of carboxylic acid groups (broad SMARTS) is 1. The normalized spacial score (nSPS) is 11.5. The Hall–Kier alpha value is -4.49. The number of phenols is 1. The average molecular weight is 542 g/mol. The lowest BCUT2D eigenvalue weighted by molar-refractivity contribution is -0.139. The van der Waals surface area contributed by atoms with Crippen molar-refractivity contribution >= 4 is 46.7 Å². The average Bonchev–Trinajstić information content (AvgIpc) is 3.57. The second-order valence-corrected chi connectivity index (χ2v) is 9.01. The summed E-state index contributed by atoms with van der Waals surface area (Å²) in [7, 11) is 0. The SMILES string of the molecule is O=C(NC[C@H](NC(=O)c1ccc(-n2nnnc2NCc2cccc(O)c2)cc1Cl)C(=O)O)c1cccs1. The Labute approximate surface area is 218 Å². The third-order valence-corrected chi connectivity index (χ3v) is 6.27. The van der Waals surface area contributed by atoms with Crippen LogP contribution in [0.5, 0.6) is 5.75 Å². The molecule has 0 aliphatic rings. The smallest absolute Gasteiger partial charge is 0.328 e. The minimum atomic E-state index is -1.38. The van der Waals surface area contributed by atoms with E-state index in [4.69, 9.17) is 11.6 Å². The molecule has 190 valence electrons. The molecular weight excluding hydrogens is 522 g/mol. The van der Waals surface area contributed by atoms with E-state index in [0.29, 0.717) is 23.1 Å². The molecule has 0 saturated carbocycles. The fourth-order valence-corrected chi connectivity index (χ4v) is 4.17. The highest BCUT2D eigenvalue weighted by atomic mass is 35.5. The van der Waals surface area contributed by atoms with Crippen molar-refractivity contribution in [2.24, 2.45) is 0 Å². The highest BCUT2D eigenvalue weighted by Crippen LogP contribution is 2.22. The lowest BCUT2D eigenvalue weighted by atomic mass is 10.1. The van der Waals surface area contributed by atoms with Crippen molar-refractivity contribution in [3.63, 3.8) is 0 Å². The maximum absolute atomic E-state index is 12.8. The van der Waals surface area contributed by atoms with Gasteiger partial charge in [0.2, 0.25) is 5.95 Å². The predicted molar refractivity (Wildman–Crippen MR) is 135 cm³/mol. The number of carboxylic acids is 1. The second kappa shape index (κ2) is 11.5. The van der Waals surface area contributed by atoms with Crippen LogP contribution in [0.25, 0.3) is 5.69 Å². The number of benzene rings is 2. The number of nitrogens with one attached hydrogen (secondary N) is 3. The summed E-state index contributed by atoms with van der Waals surface area (Å²) in [5.41, 5.74) is 1.28. The van der Waals surface area contributed by atoms with Gasteiger partial charge in [-0.25, -0.2) is 4.79 Å². The van der Waals surface area contributed by atoms with E-state index in [2.05, 4.69) is 31.5 Å². The zero-order valence-corrected chi connectivity index (χ0v) is 20.5. The van der Waals surface area contributed by atoms with Crippen LogP contribution in [0.1, 0.15) is 25.6 Å². The van der Waals surface area contributed by atoms with Crippen LogP contribution < -0.4 is 16.0 Å². The Bertz CT molecular complexity index is 1430. The number of carbonyl (C=O) groups excluding carboxylic acids is 2. The number of halogens is 1. The summed E-state index contributed by atoms with van der Waals surface area (Å²) in [5, 5.41) is 40.3. The third kappa shape index (κ3) is 6.39. The van der Waals surface area contributed by atoms with Crippen LogP contribution in [0.3, 0.4) is 0 Å². The Morgan fingerprint density at radius 1 is 1.08 bits per heavy atom. The number of anilines is 1. The number of aliphatic carboxylic acids is 1. The first-order valence-electron chi connectivity index (χ1n) is 10.8.